The zero-order chi connectivity index (χ0) is 12.5. The first-order valence-corrected chi connectivity index (χ1v) is 6.77. The van der Waals surface area contributed by atoms with Crippen LogP contribution in [-0.4, -0.2) is 58.3 Å². The molecule has 0 spiro atoms. The summed E-state index contributed by atoms with van der Waals surface area (Å²) < 4.78 is 2.03. The molecule has 2 bridgehead atoms. The lowest BCUT2D eigenvalue weighted by Gasteiger charge is -2.49. The van der Waals surface area contributed by atoms with Crippen LogP contribution >= 0.6 is 0 Å². The van der Waals surface area contributed by atoms with Gasteiger partial charge in [0.15, 0.2) is 0 Å². The SMILES string of the molecule is CCn1nccc1C(NN)C1CN2CCN1CC2. The Morgan fingerprint density at radius 3 is 2.78 bits per heavy atom. The Kier molecular flexibility index (Phi) is 3.34. The van der Waals surface area contributed by atoms with E-state index in [-0.39, 0.29) is 6.04 Å². The van der Waals surface area contributed by atoms with Gasteiger partial charge in [-0.2, -0.15) is 5.10 Å². The highest BCUT2D eigenvalue weighted by molar-refractivity contribution is 5.12. The van der Waals surface area contributed by atoms with Crippen molar-refractivity contribution in [3.8, 4) is 0 Å². The first-order chi connectivity index (χ1) is 8.83. The van der Waals surface area contributed by atoms with Crippen molar-refractivity contribution in [1.29, 1.82) is 0 Å². The molecule has 2 atom stereocenters. The Balaban J connectivity index is 1.84. The van der Waals surface area contributed by atoms with Gasteiger partial charge in [-0.15, -0.1) is 0 Å². The lowest BCUT2D eigenvalue weighted by molar-refractivity contribution is -0.00498. The van der Waals surface area contributed by atoms with Crippen LogP contribution in [0.5, 0.6) is 0 Å². The summed E-state index contributed by atoms with van der Waals surface area (Å²) in [5.74, 6) is 5.81. The van der Waals surface area contributed by atoms with E-state index in [9.17, 15) is 0 Å². The molecule has 0 amide bonds. The molecule has 6 heteroatoms. The van der Waals surface area contributed by atoms with Crippen molar-refractivity contribution in [2.24, 2.45) is 5.84 Å². The van der Waals surface area contributed by atoms with Gasteiger partial charge in [-0.25, -0.2) is 5.43 Å². The maximum atomic E-state index is 5.81. The van der Waals surface area contributed by atoms with E-state index in [1.165, 1.54) is 18.8 Å². The molecule has 0 radical (unpaired) electrons. The smallest absolute Gasteiger partial charge is 0.0796 e. The number of hydrogen-bond donors (Lipinski definition) is 2. The second-order valence-electron chi connectivity index (χ2n) is 5.12. The van der Waals surface area contributed by atoms with Gasteiger partial charge in [-0.05, 0) is 13.0 Å². The highest BCUT2D eigenvalue weighted by Crippen LogP contribution is 2.26. The standard InChI is InChI=1S/C12H22N6/c1-2-18-10(3-4-14-18)12(15-13)11-9-16-5-7-17(11)8-6-16/h3-4,11-12,15H,2,5-9,13H2,1H3. The zero-order valence-corrected chi connectivity index (χ0v) is 10.9. The van der Waals surface area contributed by atoms with Crippen molar-refractivity contribution in [1.82, 2.24) is 25.0 Å². The van der Waals surface area contributed by atoms with E-state index >= 15 is 0 Å². The van der Waals surface area contributed by atoms with Gasteiger partial charge >= 0.3 is 0 Å². The summed E-state index contributed by atoms with van der Waals surface area (Å²) >= 11 is 0. The number of aromatic nitrogens is 2. The number of piperazine rings is 3. The number of nitrogens with one attached hydrogen (secondary N) is 1. The molecular formula is C12H22N6. The number of fused-ring (bicyclic) bond motifs is 3. The summed E-state index contributed by atoms with van der Waals surface area (Å²) in [5, 5.41) is 4.35. The average Bonchev–Trinajstić information content (AvgIpc) is 2.89. The summed E-state index contributed by atoms with van der Waals surface area (Å²) in [6.45, 7) is 8.80. The number of nitrogens with two attached hydrogens (primary N) is 1. The van der Waals surface area contributed by atoms with E-state index in [1.54, 1.807) is 0 Å². The van der Waals surface area contributed by atoms with E-state index in [2.05, 4.69) is 33.3 Å². The highest BCUT2D eigenvalue weighted by atomic mass is 15.4. The zero-order valence-electron chi connectivity index (χ0n) is 10.9. The monoisotopic (exact) mass is 250 g/mol. The summed E-state index contributed by atoms with van der Waals surface area (Å²) in [4.78, 5) is 5.08. The molecule has 4 rings (SSSR count). The second-order valence-corrected chi connectivity index (χ2v) is 5.12. The topological polar surface area (TPSA) is 62.4 Å². The van der Waals surface area contributed by atoms with E-state index < -0.39 is 0 Å². The lowest BCUT2D eigenvalue weighted by Crippen LogP contribution is -2.64. The van der Waals surface area contributed by atoms with Gasteiger partial charge in [0.1, 0.15) is 0 Å². The van der Waals surface area contributed by atoms with E-state index in [0.717, 1.165) is 26.2 Å². The molecule has 0 aromatic carbocycles. The summed E-state index contributed by atoms with van der Waals surface area (Å²) in [5.41, 5.74) is 4.20. The van der Waals surface area contributed by atoms with Crippen LogP contribution in [0.4, 0.5) is 0 Å². The molecule has 1 aromatic rings. The highest BCUT2D eigenvalue weighted by Gasteiger charge is 2.37. The number of hydrogen-bond acceptors (Lipinski definition) is 5. The minimum atomic E-state index is 0.163. The first kappa shape index (κ1) is 12.1. The van der Waals surface area contributed by atoms with Crippen molar-refractivity contribution in [2.45, 2.75) is 25.6 Å². The van der Waals surface area contributed by atoms with Crippen LogP contribution in [0.3, 0.4) is 0 Å². The van der Waals surface area contributed by atoms with Crippen molar-refractivity contribution in [3.05, 3.63) is 18.0 Å². The van der Waals surface area contributed by atoms with Crippen molar-refractivity contribution >= 4 is 0 Å². The number of hydrazine groups is 1. The van der Waals surface area contributed by atoms with Gasteiger partial charge < -0.3 is 0 Å². The summed E-state index contributed by atoms with van der Waals surface area (Å²) in [7, 11) is 0. The molecule has 3 aliphatic rings. The minimum absolute atomic E-state index is 0.163. The molecule has 0 saturated carbocycles. The molecule has 100 valence electrons. The number of aryl methyl sites for hydroxylation is 1. The van der Waals surface area contributed by atoms with Gasteiger partial charge in [0.05, 0.1) is 11.7 Å². The van der Waals surface area contributed by atoms with Crippen LogP contribution in [-0.2, 0) is 6.54 Å². The Hall–Kier alpha value is -0.950. The molecule has 3 N–H and O–H groups in total. The molecule has 3 aliphatic heterocycles. The van der Waals surface area contributed by atoms with Gasteiger partial charge in [-0.3, -0.25) is 20.3 Å². The van der Waals surface area contributed by atoms with Crippen molar-refractivity contribution < 1.29 is 0 Å². The molecule has 3 saturated heterocycles. The largest absolute Gasteiger partial charge is 0.299 e. The van der Waals surface area contributed by atoms with Crippen LogP contribution in [0, 0.1) is 0 Å². The van der Waals surface area contributed by atoms with E-state index in [0.29, 0.717) is 6.04 Å². The fraction of sp³-hybridized carbons (Fsp3) is 0.750. The third-order valence-corrected chi connectivity index (χ3v) is 4.25. The van der Waals surface area contributed by atoms with Gasteiger partial charge in [-0.1, -0.05) is 0 Å². The molecule has 1 aromatic heterocycles. The third-order valence-electron chi connectivity index (χ3n) is 4.25. The van der Waals surface area contributed by atoms with Crippen LogP contribution in [0.15, 0.2) is 12.3 Å². The van der Waals surface area contributed by atoms with E-state index in [4.69, 9.17) is 5.84 Å². The molecule has 18 heavy (non-hydrogen) atoms. The predicted molar refractivity (Wildman–Crippen MR) is 69.8 cm³/mol. The predicted octanol–water partition coefficient (Wildman–Crippen LogP) is -0.593. The first-order valence-electron chi connectivity index (χ1n) is 6.77. The molecule has 6 nitrogen and oxygen atoms in total. The fourth-order valence-electron chi connectivity index (χ4n) is 3.24. The maximum absolute atomic E-state index is 5.81. The van der Waals surface area contributed by atoms with Crippen LogP contribution in [0.25, 0.3) is 0 Å². The quantitative estimate of drug-likeness (QED) is 0.552. The fourth-order valence-corrected chi connectivity index (χ4v) is 3.24. The Bertz CT molecular complexity index is 395. The van der Waals surface area contributed by atoms with E-state index in [1.807, 2.05) is 10.9 Å². The maximum Gasteiger partial charge on any atom is 0.0796 e. The minimum Gasteiger partial charge on any atom is -0.299 e. The average molecular weight is 250 g/mol. The summed E-state index contributed by atoms with van der Waals surface area (Å²) in [6, 6.07) is 2.70. The van der Waals surface area contributed by atoms with Gasteiger partial charge in [0.2, 0.25) is 0 Å². The molecule has 4 heterocycles. The number of rotatable bonds is 4. The molecule has 3 fully saturated rings. The molecular weight excluding hydrogens is 228 g/mol. The Morgan fingerprint density at radius 1 is 1.44 bits per heavy atom. The second kappa shape index (κ2) is 4.97. The van der Waals surface area contributed by atoms with Crippen molar-refractivity contribution in [3.63, 3.8) is 0 Å². The van der Waals surface area contributed by atoms with Gasteiger partial charge in [0, 0.05) is 51.5 Å². The molecule has 0 aliphatic carbocycles. The van der Waals surface area contributed by atoms with Crippen LogP contribution in [0.2, 0.25) is 0 Å². The summed E-state index contributed by atoms with van der Waals surface area (Å²) in [6.07, 6.45) is 1.86. The third kappa shape index (κ3) is 1.95. The number of nitrogens with zero attached hydrogens (tertiary/aromatic N) is 4. The normalized spacial score (nSPS) is 32.7. The van der Waals surface area contributed by atoms with Crippen LogP contribution in [0.1, 0.15) is 18.7 Å². The Labute approximate surface area is 108 Å². The van der Waals surface area contributed by atoms with Gasteiger partial charge in [0.25, 0.3) is 0 Å². The van der Waals surface area contributed by atoms with Crippen molar-refractivity contribution in [2.75, 3.05) is 32.7 Å². The molecule has 2 unspecified atom stereocenters. The van der Waals surface area contributed by atoms with Crippen LogP contribution < -0.4 is 11.3 Å². The lowest BCUT2D eigenvalue weighted by atomic mass is 9.98. The Morgan fingerprint density at radius 2 is 2.22 bits per heavy atom.